The van der Waals surface area contributed by atoms with Crippen molar-refractivity contribution in [1.82, 2.24) is 19.6 Å². The maximum atomic E-state index is 10.8. The molecule has 0 amide bonds. The molecule has 0 N–H and O–H groups in total. The summed E-state index contributed by atoms with van der Waals surface area (Å²) >= 11 is 0. The molecule has 0 aliphatic heterocycles. The molecule has 5 heteroatoms. The predicted octanol–water partition coefficient (Wildman–Crippen LogP) is 3.27. The molecule has 0 atom stereocenters. The van der Waals surface area contributed by atoms with Crippen molar-refractivity contribution < 1.29 is 4.79 Å². The summed E-state index contributed by atoms with van der Waals surface area (Å²) < 4.78 is 1.80. The minimum atomic E-state index is 0.638. The number of nitrogens with zero attached hydrogens (tertiary/aromatic N) is 4. The van der Waals surface area contributed by atoms with Gasteiger partial charge in [-0.2, -0.15) is 0 Å². The average molecular weight is 300 g/mol. The van der Waals surface area contributed by atoms with Gasteiger partial charge in [0.05, 0.1) is 11.3 Å². The van der Waals surface area contributed by atoms with Crippen LogP contribution >= 0.6 is 0 Å². The number of hydrogen-bond donors (Lipinski definition) is 0. The standard InChI is InChI=1S/C18H12N4O/c23-10-13-6-8-15(9-7-13)17-16(14-4-2-1-3-5-14)18-21-20-12-22(18)11-19-17/h1-12H. The lowest BCUT2D eigenvalue weighted by atomic mass is 9.99. The van der Waals surface area contributed by atoms with Gasteiger partial charge in [-0.05, 0) is 5.56 Å². The Hall–Kier alpha value is -3.34. The van der Waals surface area contributed by atoms with Crippen LogP contribution in [-0.4, -0.2) is 25.9 Å². The van der Waals surface area contributed by atoms with Crippen LogP contribution in [0.4, 0.5) is 0 Å². The molecule has 5 nitrogen and oxygen atoms in total. The molecule has 0 bridgehead atoms. The van der Waals surface area contributed by atoms with Gasteiger partial charge in [-0.3, -0.25) is 9.20 Å². The molecule has 0 fully saturated rings. The number of carbonyl (C=O) groups is 1. The van der Waals surface area contributed by atoms with Crippen molar-refractivity contribution in [3.63, 3.8) is 0 Å². The molecule has 2 heterocycles. The van der Waals surface area contributed by atoms with Gasteiger partial charge in [-0.25, -0.2) is 4.98 Å². The molecule has 2 aromatic heterocycles. The molecular weight excluding hydrogens is 288 g/mol. The van der Waals surface area contributed by atoms with E-state index in [0.717, 1.165) is 34.3 Å². The molecule has 0 saturated carbocycles. The molecule has 2 aromatic carbocycles. The summed E-state index contributed by atoms with van der Waals surface area (Å²) in [5, 5.41) is 8.21. The van der Waals surface area contributed by atoms with Crippen LogP contribution < -0.4 is 0 Å². The fourth-order valence-corrected chi connectivity index (χ4v) is 2.61. The third-order valence-electron chi connectivity index (χ3n) is 3.73. The van der Waals surface area contributed by atoms with E-state index in [9.17, 15) is 4.79 Å². The Kier molecular flexibility index (Phi) is 3.16. The molecular formula is C18H12N4O. The maximum Gasteiger partial charge on any atom is 0.171 e. The SMILES string of the molecule is O=Cc1ccc(-c2ncn3cnnc3c2-c2ccccc2)cc1. The van der Waals surface area contributed by atoms with E-state index >= 15 is 0 Å². The summed E-state index contributed by atoms with van der Waals surface area (Å²) in [6, 6.07) is 17.3. The smallest absolute Gasteiger partial charge is 0.171 e. The van der Waals surface area contributed by atoms with Gasteiger partial charge < -0.3 is 0 Å². The molecule has 110 valence electrons. The summed E-state index contributed by atoms with van der Waals surface area (Å²) in [6.07, 6.45) is 4.16. The lowest BCUT2D eigenvalue weighted by molar-refractivity contribution is 0.112. The van der Waals surface area contributed by atoms with E-state index in [0.29, 0.717) is 5.56 Å². The highest BCUT2D eigenvalue weighted by Crippen LogP contribution is 2.32. The Morgan fingerprint density at radius 1 is 0.870 bits per heavy atom. The minimum Gasteiger partial charge on any atom is -0.298 e. The van der Waals surface area contributed by atoms with Crippen LogP contribution in [0.5, 0.6) is 0 Å². The lowest BCUT2D eigenvalue weighted by Gasteiger charge is -2.10. The zero-order valence-electron chi connectivity index (χ0n) is 12.1. The first-order valence-corrected chi connectivity index (χ1v) is 7.16. The first-order chi connectivity index (χ1) is 11.4. The van der Waals surface area contributed by atoms with Gasteiger partial charge in [0.15, 0.2) is 5.65 Å². The number of rotatable bonds is 3. The molecule has 4 rings (SSSR count). The highest BCUT2D eigenvalue weighted by atomic mass is 16.1. The van der Waals surface area contributed by atoms with Crippen molar-refractivity contribution in [2.75, 3.05) is 0 Å². The summed E-state index contributed by atoms with van der Waals surface area (Å²) in [6.45, 7) is 0. The number of aromatic nitrogens is 4. The minimum absolute atomic E-state index is 0.638. The molecule has 0 aliphatic carbocycles. The van der Waals surface area contributed by atoms with Crippen molar-refractivity contribution in [3.05, 3.63) is 72.8 Å². The normalized spacial score (nSPS) is 10.8. The fourth-order valence-electron chi connectivity index (χ4n) is 2.61. The summed E-state index contributed by atoms with van der Waals surface area (Å²) in [5.74, 6) is 0. The van der Waals surface area contributed by atoms with Gasteiger partial charge in [-0.1, -0.05) is 54.6 Å². The number of benzene rings is 2. The van der Waals surface area contributed by atoms with Crippen LogP contribution in [0.1, 0.15) is 10.4 Å². The molecule has 0 radical (unpaired) electrons. The van der Waals surface area contributed by atoms with Gasteiger partial charge >= 0.3 is 0 Å². The monoisotopic (exact) mass is 300 g/mol. The van der Waals surface area contributed by atoms with Crippen molar-refractivity contribution in [3.8, 4) is 22.4 Å². The average Bonchev–Trinajstić information content (AvgIpc) is 3.10. The molecule has 0 aliphatic rings. The van der Waals surface area contributed by atoms with Crippen LogP contribution in [0.25, 0.3) is 28.0 Å². The lowest BCUT2D eigenvalue weighted by Crippen LogP contribution is -1.96. The second kappa shape index (κ2) is 5.46. The molecule has 0 spiro atoms. The highest BCUT2D eigenvalue weighted by Gasteiger charge is 2.15. The van der Waals surface area contributed by atoms with Crippen molar-refractivity contribution >= 4 is 11.9 Å². The first-order valence-electron chi connectivity index (χ1n) is 7.16. The topological polar surface area (TPSA) is 60.2 Å². The Morgan fingerprint density at radius 2 is 1.65 bits per heavy atom. The Bertz CT molecular complexity index is 975. The Balaban J connectivity index is 2.00. The summed E-state index contributed by atoms with van der Waals surface area (Å²) in [7, 11) is 0. The third kappa shape index (κ3) is 2.28. The zero-order valence-corrected chi connectivity index (χ0v) is 12.1. The molecule has 0 saturated heterocycles. The predicted molar refractivity (Wildman–Crippen MR) is 87.0 cm³/mol. The van der Waals surface area contributed by atoms with E-state index in [2.05, 4.69) is 15.2 Å². The quantitative estimate of drug-likeness (QED) is 0.545. The van der Waals surface area contributed by atoms with Crippen LogP contribution in [0.2, 0.25) is 0 Å². The van der Waals surface area contributed by atoms with Gasteiger partial charge in [0.25, 0.3) is 0 Å². The van der Waals surface area contributed by atoms with E-state index in [4.69, 9.17) is 0 Å². The number of fused-ring (bicyclic) bond motifs is 1. The van der Waals surface area contributed by atoms with Crippen molar-refractivity contribution in [1.29, 1.82) is 0 Å². The van der Waals surface area contributed by atoms with E-state index in [1.807, 2.05) is 42.5 Å². The molecule has 0 unspecified atom stereocenters. The van der Waals surface area contributed by atoms with Gasteiger partial charge in [0.1, 0.15) is 18.9 Å². The van der Waals surface area contributed by atoms with E-state index in [1.165, 1.54) is 0 Å². The van der Waals surface area contributed by atoms with Gasteiger partial charge in [0, 0.05) is 11.1 Å². The number of carbonyl (C=O) groups excluding carboxylic acids is 1. The number of aldehydes is 1. The van der Waals surface area contributed by atoms with Gasteiger partial charge in [-0.15, -0.1) is 10.2 Å². The fraction of sp³-hybridized carbons (Fsp3) is 0. The van der Waals surface area contributed by atoms with Crippen molar-refractivity contribution in [2.45, 2.75) is 0 Å². The largest absolute Gasteiger partial charge is 0.298 e. The second-order valence-electron chi connectivity index (χ2n) is 5.14. The summed E-state index contributed by atoms with van der Waals surface area (Å²) in [5.41, 5.74) is 5.07. The maximum absolute atomic E-state index is 10.8. The van der Waals surface area contributed by atoms with Crippen LogP contribution in [0, 0.1) is 0 Å². The zero-order chi connectivity index (χ0) is 15.6. The van der Waals surface area contributed by atoms with E-state index in [1.54, 1.807) is 29.2 Å². The van der Waals surface area contributed by atoms with Crippen molar-refractivity contribution in [2.24, 2.45) is 0 Å². The Morgan fingerprint density at radius 3 is 2.39 bits per heavy atom. The van der Waals surface area contributed by atoms with Gasteiger partial charge in [0.2, 0.25) is 0 Å². The van der Waals surface area contributed by atoms with E-state index in [-0.39, 0.29) is 0 Å². The highest BCUT2D eigenvalue weighted by molar-refractivity contribution is 5.90. The van der Waals surface area contributed by atoms with E-state index < -0.39 is 0 Å². The van der Waals surface area contributed by atoms with Crippen LogP contribution in [-0.2, 0) is 0 Å². The molecule has 4 aromatic rings. The second-order valence-corrected chi connectivity index (χ2v) is 5.14. The third-order valence-corrected chi connectivity index (χ3v) is 3.73. The number of hydrogen-bond acceptors (Lipinski definition) is 4. The van der Waals surface area contributed by atoms with Crippen LogP contribution in [0.3, 0.4) is 0 Å². The first kappa shape index (κ1) is 13.3. The van der Waals surface area contributed by atoms with Crippen LogP contribution in [0.15, 0.2) is 67.3 Å². The molecule has 23 heavy (non-hydrogen) atoms. The summed E-state index contributed by atoms with van der Waals surface area (Å²) in [4.78, 5) is 15.4. The Labute approximate surface area is 132 Å².